The van der Waals surface area contributed by atoms with Gasteiger partial charge in [0.2, 0.25) is 0 Å². The fraction of sp³-hybridized carbons (Fsp3) is 0.600. The topological polar surface area (TPSA) is 74.7 Å². The summed E-state index contributed by atoms with van der Waals surface area (Å²) in [6.07, 6.45) is 2.40. The standard InChI is InChI=1S/C15H23N3O3/c1-3-6-16-12-4-5-14(17-7-12)15(20)18-8-13(9-19)21-10-11(18)2/h4-5,7,11,13,16,19H,3,6,8-10H2,1-2H3. The summed E-state index contributed by atoms with van der Waals surface area (Å²) in [5, 5.41) is 12.4. The molecule has 21 heavy (non-hydrogen) atoms. The van der Waals surface area contributed by atoms with Crippen molar-refractivity contribution >= 4 is 11.6 Å². The highest BCUT2D eigenvalue weighted by atomic mass is 16.5. The van der Waals surface area contributed by atoms with Gasteiger partial charge >= 0.3 is 0 Å². The molecule has 1 aromatic rings. The summed E-state index contributed by atoms with van der Waals surface area (Å²) in [4.78, 5) is 18.5. The second kappa shape index (κ2) is 7.38. The van der Waals surface area contributed by atoms with Crippen LogP contribution in [0.3, 0.4) is 0 Å². The Labute approximate surface area is 125 Å². The minimum absolute atomic E-state index is 0.0139. The van der Waals surface area contributed by atoms with Crippen LogP contribution in [0, 0.1) is 0 Å². The van der Waals surface area contributed by atoms with E-state index in [0.29, 0.717) is 18.8 Å². The van der Waals surface area contributed by atoms with Crippen molar-refractivity contribution < 1.29 is 14.6 Å². The lowest BCUT2D eigenvalue weighted by molar-refractivity contribution is -0.0668. The maximum atomic E-state index is 12.5. The molecule has 1 amide bonds. The van der Waals surface area contributed by atoms with E-state index in [0.717, 1.165) is 18.7 Å². The molecule has 0 saturated carbocycles. The van der Waals surface area contributed by atoms with Gasteiger partial charge in [-0.1, -0.05) is 6.92 Å². The van der Waals surface area contributed by atoms with Gasteiger partial charge < -0.3 is 20.1 Å². The maximum Gasteiger partial charge on any atom is 0.272 e. The first-order valence-electron chi connectivity index (χ1n) is 7.39. The molecule has 1 aliphatic rings. The molecule has 0 aromatic carbocycles. The van der Waals surface area contributed by atoms with Crippen molar-refractivity contribution in [3.05, 3.63) is 24.0 Å². The van der Waals surface area contributed by atoms with Crippen LogP contribution in [-0.2, 0) is 4.74 Å². The second-order valence-electron chi connectivity index (χ2n) is 5.30. The van der Waals surface area contributed by atoms with Crippen molar-refractivity contribution in [3.63, 3.8) is 0 Å². The van der Waals surface area contributed by atoms with Gasteiger partial charge in [0.15, 0.2) is 0 Å². The number of rotatable bonds is 5. The molecular weight excluding hydrogens is 270 g/mol. The maximum absolute atomic E-state index is 12.5. The Hall–Kier alpha value is -1.66. The van der Waals surface area contributed by atoms with Crippen LogP contribution in [0.25, 0.3) is 0 Å². The third-order valence-corrected chi connectivity index (χ3v) is 3.53. The number of ether oxygens (including phenoxy) is 1. The molecule has 0 spiro atoms. The molecule has 2 rings (SSSR count). The van der Waals surface area contributed by atoms with Gasteiger partial charge in [0.05, 0.1) is 37.2 Å². The number of nitrogens with one attached hydrogen (secondary N) is 1. The average Bonchev–Trinajstić information content (AvgIpc) is 2.53. The number of carbonyl (C=O) groups excluding carboxylic acids is 1. The summed E-state index contributed by atoms with van der Waals surface area (Å²) < 4.78 is 5.44. The molecule has 6 heteroatoms. The number of amides is 1. The number of anilines is 1. The van der Waals surface area contributed by atoms with E-state index < -0.39 is 0 Å². The number of carbonyl (C=O) groups is 1. The Morgan fingerprint density at radius 1 is 1.57 bits per heavy atom. The first-order chi connectivity index (χ1) is 10.2. The Morgan fingerprint density at radius 3 is 3.00 bits per heavy atom. The summed E-state index contributed by atoms with van der Waals surface area (Å²) in [7, 11) is 0. The summed E-state index contributed by atoms with van der Waals surface area (Å²) in [6, 6.07) is 3.58. The lowest BCUT2D eigenvalue weighted by Crippen LogP contribution is -2.52. The molecule has 2 N–H and O–H groups in total. The van der Waals surface area contributed by atoms with Gasteiger partial charge in [-0.3, -0.25) is 4.79 Å². The SMILES string of the molecule is CCCNc1ccc(C(=O)N2CC(CO)OCC2C)nc1. The molecule has 1 saturated heterocycles. The highest BCUT2D eigenvalue weighted by molar-refractivity contribution is 5.92. The number of aliphatic hydroxyl groups is 1. The highest BCUT2D eigenvalue weighted by Gasteiger charge is 2.30. The van der Waals surface area contributed by atoms with Crippen molar-refractivity contribution in [2.24, 2.45) is 0 Å². The van der Waals surface area contributed by atoms with E-state index in [9.17, 15) is 9.90 Å². The van der Waals surface area contributed by atoms with E-state index in [1.165, 1.54) is 0 Å². The number of hydrogen-bond donors (Lipinski definition) is 2. The smallest absolute Gasteiger partial charge is 0.272 e. The van der Waals surface area contributed by atoms with Crippen molar-refractivity contribution in [2.75, 3.05) is 31.6 Å². The fourth-order valence-corrected chi connectivity index (χ4v) is 2.25. The van der Waals surface area contributed by atoms with Crippen LogP contribution in [-0.4, -0.2) is 59.3 Å². The molecule has 0 bridgehead atoms. The van der Waals surface area contributed by atoms with Crippen LogP contribution < -0.4 is 5.32 Å². The number of nitrogens with zero attached hydrogens (tertiary/aromatic N) is 2. The number of morpholine rings is 1. The molecule has 1 fully saturated rings. The third kappa shape index (κ3) is 3.92. The van der Waals surface area contributed by atoms with E-state index >= 15 is 0 Å². The number of hydrogen-bond acceptors (Lipinski definition) is 5. The van der Waals surface area contributed by atoms with Gasteiger partial charge in [-0.2, -0.15) is 0 Å². The van der Waals surface area contributed by atoms with E-state index in [-0.39, 0.29) is 24.7 Å². The van der Waals surface area contributed by atoms with Crippen molar-refractivity contribution in [3.8, 4) is 0 Å². The van der Waals surface area contributed by atoms with Crippen LogP contribution >= 0.6 is 0 Å². The van der Waals surface area contributed by atoms with Crippen LogP contribution in [0.15, 0.2) is 18.3 Å². The van der Waals surface area contributed by atoms with Crippen LogP contribution in [0.1, 0.15) is 30.8 Å². The summed E-state index contributed by atoms with van der Waals surface area (Å²) >= 11 is 0. The Morgan fingerprint density at radius 2 is 2.38 bits per heavy atom. The molecule has 0 aliphatic carbocycles. The molecule has 0 radical (unpaired) electrons. The molecule has 2 atom stereocenters. The van der Waals surface area contributed by atoms with Crippen LogP contribution in [0.2, 0.25) is 0 Å². The van der Waals surface area contributed by atoms with Gasteiger partial charge in [0.25, 0.3) is 5.91 Å². The molecule has 1 aliphatic heterocycles. The first-order valence-corrected chi connectivity index (χ1v) is 7.39. The van der Waals surface area contributed by atoms with E-state index in [1.807, 2.05) is 13.0 Å². The Kier molecular flexibility index (Phi) is 5.52. The molecule has 1 aromatic heterocycles. The third-order valence-electron chi connectivity index (χ3n) is 3.53. The highest BCUT2D eigenvalue weighted by Crippen LogP contribution is 2.15. The van der Waals surface area contributed by atoms with Crippen LogP contribution in [0.4, 0.5) is 5.69 Å². The molecule has 2 heterocycles. The molecular formula is C15H23N3O3. The molecule has 6 nitrogen and oxygen atoms in total. The molecule has 2 unspecified atom stereocenters. The van der Waals surface area contributed by atoms with Gasteiger partial charge in [0, 0.05) is 13.1 Å². The van der Waals surface area contributed by atoms with Crippen LogP contribution in [0.5, 0.6) is 0 Å². The summed E-state index contributed by atoms with van der Waals surface area (Å²) in [5.74, 6) is -0.119. The second-order valence-corrected chi connectivity index (χ2v) is 5.30. The predicted molar refractivity (Wildman–Crippen MR) is 80.3 cm³/mol. The number of aromatic nitrogens is 1. The zero-order valence-electron chi connectivity index (χ0n) is 12.6. The van der Waals surface area contributed by atoms with Crippen molar-refractivity contribution in [1.29, 1.82) is 0 Å². The summed E-state index contributed by atoms with van der Waals surface area (Å²) in [6.45, 7) is 5.66. The van der Waals surface area contributed by atoms with Gasteiger partial charge in [0.1, 0.15) is 5.69 Å². The normalized spacial score (nSPS) is 22.1. The van der Waals surface area contributed by atoms with E-state index in [4.69, 9.17) is 4.74 Å². The molecule has 116 valence electrons. The summed E-state index contributed by atoms with van der Waals surface area (Å²) in [5.41, 5.74) is 1.33. The van der Waals surface area contributed by atoms with Gasteiger partial charge in [-0.15, -0.1) is 0 Å². The minimum atomic E-state index is -0.310. The van der Waals surface area contributed by atoms with Gasteiger partial charge in [-0.05, 0) is 25.5 Å². The minimum Gasteiger partial charge on any atom is -0.394 e. The lowest BCUT2D eigenvalue weighted by Gasteiger charge is -2.37. The largest absolute Gasteiger partial charge is 0.394 e. The Bertz CT molecular complexity index is 464. The quantitative estimate of drug-likeness (QED) is 0.851. The average molecular weight is 293 g/mol. The Balaban J connectivity index is 2.04. The monoisotopic (exact) mass is 293 g/mol. The van der Waals surface area contributed by atoms with Crippen molar-refractivity contribution in [1.82, 2.24) is 9.88 Å². The first kappa shape index (κ1) is 15.7. The predicted octanol–water partition coefficient (Wildman–Crippen LogP) is 1.13. The van der Waals surface area contributed by atoms with Gasteiger partial charge in [-0.25, -0.2) is 4.98 Å². The fourth-order valence-electron chi connectivity index (χ4n) is 2.25. The number of pyridine rings is 1. The zero-order chi connectivity index (χ0) is 15.2. The number of aliphatic hydroxyl groups excluding tert-OH is 1. The lowest BCUT2D eigenvalue weighted by atomic mass is 10.1. The van der Waals surface area contributed by atoms with Crippen molar-refractivity contribution in [2.45, 2.75) is 32.4 Å². The zero-order valence-corrected chi connectivity index (χ0v) is 12.6. The van der Waals surface area contributed by atoms with E-state index in [2.05, 4.69) is 17.2 Å². The van der Waals surface area contributed by atoms with E-state index in [1.54, 1.807) is 17.2 Å².